The van der Waals surface area contributed by atoms with E-state index in [1.54, 1.807) is 0 Å². The van der Waals surface area contributed by atoms with Crippen molar-refractivity contribution in [3.63, 3.8) is 0 Å². The van der Waals surface area contributed by atoms with Gasteiger partial charge in [0.1, 0.15) is 0 Å². The van der Waals surface area contributed by atoms with Crippen LogP contribution in [0.15, 0.2) is 29.3 Å². The third-order valence-electron chi connectivity index (χ3n) is 4.76. The number of hydrogen-bond acceptors (Lipinski definition) is 4. The van der Waals surface area contributed by atoms with Gasteiger partial charge in [-0.2, -0.15) is 0 Å². The maximum absolute atomic E-state index is 10.1. The molecule has 0 radical (unpaired) electrons. The van der Waals surface area contributed by atoms with Gasteiger partial charge in [-0.15, -0.1) is 24.0 Å². The van der Waals surface area contributed by atoms with Gasteiger partial charge in [-0.3, -0.25) is 4.99 Å². The van der Waals surface area contributed by atoms with Crippen LogP contribution in [0, 0.1) is 5.92 Å². The average Bonchev–Trinajstić information content (AvgIpc) is 3.21. The van der Waals surface area contributed by atoms with Crippen LogP contribution >= 0.6 is 24.0 Å². The van der Waals surface area contributed by atoms with Crippen molar-refractivity contribution in [2.45, 2.75) is 52.7 Å². The van der Waals surface area contributed by atoms with Crippen molar-refractivity contribution in [1.29, 1.82) is 0 Å². The number of aliphatic hydroxyl groups excluding tert-OH is 1. The molecule has 2 unspecified atom stereocenters. The number of halogens is 1. The molecule has 0 aliphatic carbocycles. The molecule has 1 aromatic rings. The molecule has 1 heterocycles. The van der Waals surface area contributed by atoms with Crippen LogP contribution in [0.2, 0.25) is 0 Å². The van der Waals surface area contributed by atoms with Gasteiger partial charge in [0.2, 0.25) is 0 Å². The minimum atomic E-state index is -0.594. The van der Waals surface area contributed by atoms with Crippen LogP contribution in [0.1, 0.15) is 52.1 Å². The van der Waals surface area contributed by atoms with Crippen molar-refractivity contribution < 1.29 is 9.84 Å². The molecule has 1 aliphatic rings. The van der Waals surface area contributed by atoms with E-state index in [-0.39, 0.29) is 30.0 Å². The highest BCUT2D eigenvalue weighted by molar-refractivity contribution is 14.0. The number of aliphatic hydroxyl groups is 1. The zero-order chi connectivity index (χ0) is 20.4. The highest BCUT2D eigenvalue weighted by Crippen LogP contribution is 2.23. The van der Waals surface area contributed by atoms with Crippen molar-refractivity contribution >= 4 is 35.6 Å². The van der Waals surface area contributed by atoms with Crippen LogP contribution in [-0.4, -0.2) is 56.6 Å². The summed E-state index contributed by atoms with van der Waals surface area (Å²) in [5, 5.41) is 16.8. The Morgan fingerprint density at radius 3 is 2.59 bits per heavy atom. The van der Waals surface area contributed by atoms with Crippen molar-refractivity contribution in [2.75, 3.05) is 44.3 Å². The van der Waals surface area contributed by atoms with E-state index >= 15 is 0 Å². The Morgan fingerprint density at radius 1 is 1.21 bits per heavy atom. The molecule has 1 saturated heterocycles. The second kappa shape index (κ2) is 14.0. The Labute approximate surface area is 193 Å². The molecular formula is C22H39IN4O2. The van der Waals surface area contributed by atoms with Gasteiger partial charge >= 0.3 is 0 Å². The quantitative estimate of drug-likeness (QED) is 0.251. The molecule has 166 valence electrons. The van der Waals surface area contributed by atoms with Crippen molar-refractivity contribution in [3.8, 4) is 0 Å². The third kappa shape index (κ3) is 9.53. The smallest absolute Gasteiger partial charge is 0.191 e. The Bertz CT molecular complexity index is 606. The molecular weight excluding hydrogens is 479 g/mol. The van der Waals surface area contributed by atoms with Crippen molar-refractivity contribution in [2.24, 2.45) is 10.9 Å². The monoisotopic (exact) mass is 518 g/mol. The van der Waals surface area contributed by atoms with Gasteiger partial charge in [0.05, 0.1) is 25.3 Å². The van der Waals surface area contributed by atoms with Crippen LogP contribution in [0.25, 0.3) is 0 Å². The zero-order valence-corrected chi connectivity index (χ0v) is 20.7. The van der Waals surface area contributed by atoms with E-state index in [0.29, 0.717) is 31.6 Å². The number of rotatable bonds is 10. The molecule has 1 aromatic carbocycles. The maximum atomic E-state index is 10.1. The van der Waals surface area contributed by atoms with Gasteiger partial charge in [0, 0.05) is 31.9 Å². The summed E-state index contributed by atoms with van der Waals surface area (Å²) in [6.07, 6.45) is 1.96. The first kappa shape index (κ1) is 26.0. The maximum Gasteiger partial charge on any atom is 0.191 e. The average molecular weight is 518 g/mol. The molecule has 0 saturated carbocycles. The predicted octanol–water partition coefficient (Wildman–Crippen LogP) is 3.55. The predicted molar refractivity (Wildman–Crippen MR) is 132 cm³/mol. The molecule has 0 spiro atoms. The van der Waals surface area contributed by atoms with Gasteiger partial charge in [0.15, 0.2) is 5.96 Å². The molecule has 7 heteroatoms. The van der Waals surface area contributed by atoms with Gasteiger partial charge < -0.3 is 25.4 Å². The van der Waals surface area contributed by atoms with Crippen molar-refractivity contribution in [3.05, 3.63) is 29.8 Å². The van der Waals surface area contributed by atoms with Gasteiger partial charge in [-0.25, -0.2) is 0 Å². The molecule has 2 atom stereocenters. The molecule has 1 aliphatic heterocycles. The number of benzene rings is 1. The number of nitrogens with one attached hydrogen (secondary N) is 2. The van der Waals surface area contributed by atoms with Gasteiger partial charge in [0.25, 0.3) is 0 Å². The fourth-order valence-electron chi connectivity index (χ4n) is 3.26. The Morgan fingerprint density at radius 2 is 1.93 bits per heavy atom. The zero-order valence-electron chi connectivity index (χ0n) is 18.4. The second-order valence-electron chi connectivity index (χ2n) is 7.96. The van der Waals surface area contributed by atoms with E-state index in [4.69, 9.17) is 4.74 Å². The number of aliphatic imine (C=N–C) groups is 1. The summed E-state index contributed by atoms with van der Waals surface area (Å²) in [4.78, 5) is 6.98. The molecule has 0 amide bonds. The summed E-state index contributed by atoms with van der Waals surface area (Å²) in [6.45, 7) is 12.7. The van der Waals surface area contributed by atoms with Gasteiger partial charge in [-0.05, 0) is 50.3 Å². The van der Waals surface area contributed by atoms with Crippen LogP contribution in [0.3, 0.4) is 0 Å². The summed E-state index contributed by atoms with van der Waals surface area (Å²) in [7, 11) is 0. The molecule has 0 bridgehead atoms. The van der Waals surface area contributed by atoms with Crippen LogP contribution in [0.5, 0.6) is 0 Å². The largest absolute Gasteiger partial charge is 0.389 e. The minimum absolute atomic E-state index is 0. The lowest BCUT2D eigenvalue weighted by atomic mass is 10.1. The molecule has 3 N–H and O–H groups in total. The Kier molecular flexibility index (Phi) is 12.6. The SMILES string of the molecule is CCNC(=NCC(O)COCC(C)C)NC(C)c1cccc(N2CCCC2)c1.I. The summed E-state index contributed by atoms with van der Waals surface area (Å²) in [5.74, 6) is 1.18. The molecule has 2 rings (SSSR count). The summed E-state index contributed by atoms with van der Waals surface area (Å²) in [6, 6.07) is 8.85. The molecule has 1 fully saturated rings. The fourth-order valence-corrected chi connectivity index (χ4v) is 3.26. The lowest BCUT2D eigenvalue weighted by Crippen LogP contribution is -2.39. The number of guanidine groups is 1. The number of anilines is 1. The first-order chi connectivity index (χ1) is 13.5. The minimum Gasteiger partial charge on any atom is -0.389 e. The van der Waals surface area contributed by atoms with E-state index in [2.05, 4.69) is 65.6 Å². The standard InChI is InChI=1S/C22H38N4O2.HI/c1-5-23-22(24-14-21(27)16-28-15-17(2)3)25-18(4)19-9-8-10-20(13-19)26-11-6-7-12-26;/h8-10,13,17-18,21,27H,5-7,11-12,14-16H2,1-4H3,(H2,23,24,25);1H. The van der Waals surface area contributed by atoms with E-state index in [1.165, 1.54) is 24.1 Å². The molecule has 29 heavy (non-hydrogen) atoms. The first-order valence-corrected chi connectivity index (χ1v) is 10.6. The lowest BCUT2D eigenvalue weighted by Gasteiger charge is -2.22. The molecule has 0 aromatic heterocycles. The van der Waals surface area contributed by atoms with Gasteiger partial charge in [-0.1, -0.05) is 26.0 Å². The molecule has 6 nitrogen and oxygen atoms in total. The van der Waals surface area contributed by atoms with Crippen LogP contribution in [0.4, 0.5) is 5.69 Å². The van der Waals surface area contributed by atoms with E-state index in [0.717, 1.165) is 19.6 Å². The number of nitrogens with zero attached hydrogens (tertiary/aromatic N) is 2. The first-order valence-electron chi connectivity index (χ1n) is 10.6. The van der Waals surface area contributed by atoms with E-state index in [1.807, 2.05) is 6.92 Å². The summed E-state index contributed by atoms with van der Waals surface area (Å²) in [5.41, 5.74) is 2.53. The lowest BCUT2D eigenvalue weighted by molar-refractivity contribution is 0.0301. The van der Waals surface area contributed by atoms with Crippen molar-refractivity contribution in [1.82, 2.24) is 10.6 Å². The Hall–Kier alpha value is -1.06. The Balaban J connectivity index is 0.00000420. The second-order valence-corrected chi connectivity index (χ2v) is 7.96. The van der Waals surface area contributed by atoms with E-state index < -0.39 is 6.10 Å². The summed E-state index contributed by atoms with van der Waals surface area (Å²) >= 11 is 0. The normalized spacial score (nSPS) is 16.5. The summed E-state index contributed by atoms with van der Waals surface area (Å²) < 4.78 is 5.50. The number of hydrogen-bond donors (Lipinski definition) is 3. The topological polar surface area (TPSA) is 69.1 Å². The third-order valence-corrected chi connectivity index (χ3v) is 4.76. The highest BCUT2D eigenvalue weighted by atomic mass is 127. The fraction of sp³-hybridized carbons (Fsp3) is 0.682. The van der Waals surface area contributed by atoms with E-state index in [9.17, 15) is 5.11 Å². The highest BCUT2D eigenvalue weighted by Gasteiger charge is 2.15. The van der Waals surface area contributed by atoms with Crippen LogP contribution in [-0.2, 0) is 4.74 Å². The van der Waals surface area contributed by atoms with Crippen LogP contribution < -0.4 is 15.5 Å². The number of ether oxygens (including phenoxy) is 1.